The number of para-hydroxylation sites is 1. The lowest BCUT2D eigenvalue weighted by atomic mass is 10.1. The van der Waals surface area contributed by atoms with E-state index in [4.69, 9.17) is 4.74 Å². The summed E-state index contributed by atoms with van der Waals surface area (Å²) < 4.78 is 29.3. The smallest absolute Gasteiger partial charge is 0.193 e. The summed E-state index contributed by atoms with van der Waals surface area (Å²) in [4.78, 5) is 6.63. The first kappa shape index (κ1) is 19.0. The van der Waals surface area contributed by atoms with Crippen molar-refractivity contribution >= 4 is 15.8 Å². The second kappa shape index (κ2) is 7.86. The number of guanidine groups is 1. The van der Waals surface area contributed by atoms with E-state index >= 15 is 0 Å². The molecule has 2 aliphatic rings. The molecule has 1 saturated carbocycles. The third-order valence-corrected chi connectivity index (χ3v) is 6.28. The van der Waals surface area contributed by atoms with Gasteiger partial charge in [-0.25, -0.2) is 8.42 Å². The van der Waals surface area contributed by atoms with Crippen LogP contribution in [0.5, 0.6) is 5.75 Å². The fraction of sp³-hybridized carbons (Fsp3) is 0.632. The van der Waals surface area contributed by atoms with E-state index in [2.05, 4.69) is 15.2 Å². The molecule has 0 radical (unpaired) electrons. The zero-order valence-electron chi connectivity index (χ0n) is 15.6. The van der Waals surface area contributed by atoms with E-state index in [1.165, 1.54) is 6.26 Å². The highest BCUT2D eigenvalue weighted by atomic mass is 32.2. The molecule has 144 valence electrons. The lowest BCUT2D eigenvalue weighted by molar-refractivity contribution is 0.129. The quantitative estimate of drug-likeness (QED) is 0.604. The fourth-order valence-electron chi connectivity index (χ4n) is 3.58. The van der Waals surface area contributed by atoms with Crippen molar-refractivity contribution in [3.63, 3.8) is 0 Å². The number of ether oxygens (including phenoxy) is 1. The van der Waals surface area contributed by atoms with E-state index in [-0.39, 0.29) is 17.3 Å². The zero-order chi connectivity index (χ0) is 18.6. The lowest BCUT2D eigenvalue weighted by Crippen LogP contribution is -2.49. The van der Waals surface area contributed by atoms with Crippen LogP contribution in [0.15, 0.2) is 35.3 Å². The van der Waals surface area contributed by atoms with Crippen molar-refractivity contribution in [2.75, 3.05) is 38.7 Å². The summed E-state index contributed by atoms with van der Waals surface area (Å²) in [5, 5.41) is 3.40. The van der Waals surface area contributed by atoms with Crippen LogP contribution >= 0.6 is 0 Å². The van der Waals surface area contributed by atoms with Crippen molar-refractivity contribution in [2.45, 2.75) is 31.8 Å². The van der Waals surface area contributed by atoms with Crippen LogP contribution in [0.4, 0.5) is 0 Å². The number of hydrogen-bond donors (Lipinski definition) is 1. The summed E-state index contributed by atoms with van der Waals surface area (Å²) in [6.07, 6.45) is 5.38. The maximum atomic E-state index is 11.6. The van der Waals surface area contributed by atoms with Crippen molar-refractivity contribution in [1.29, 1.82) is 0 Å². The Labute approximate surface area is 156 Å². The zero-order valence-corrected chi connectivity index (χ0v) is 16.5. The molecule has 1 saturated heterocycles. The minimum absolute atomic E-state index is 0.0989. The van der Waals surface area contributed by atoms with E-state index in [0.29, 0.717) is 6.54 Å². The largest absolute Gasteiger partial charge is 0.490 e. The van der Waals surface area contributed by atoms with Gasteiger partial charge >= 0.3 is 0 Å². The molecule has 0 atom stereocenters. The molecule has 0 bridgehead atoms. The molecule has 0 unspecified atom stereocenters. The maximum absolute atomic E-state index is 11.6. The predicted molar refractivity (Wildman–Crippen MR) is 104 cm³/mol. The number of piperidine rings is 1. The summed E-state index contributed by atoms with van der Waals surface area (Å²) in [7, 11) is -1.16. The van der Waals surface area contributed by atoms with Gasteiger partial charge in [-0.3, -0.25) is 4.99 Å². The van der Waals surface area contributed by atoms with Gasteiger partial charge < -0.3 is 15.0 Å². The third kappa shape index (κ3) is 5.37. The SMILES string of the molecule is CN=C(NCC1(CS(C)(=O)=O)CC1)N1CCC(Oc2ccccc2)CC1. The highest BCUT2D eigenvalue weighted by Gasteiger charge is 2.45. The molecule has 1 aromatic rings. The molecule has 7 heteroatoms. The lowest BCUT2D eigenvalue weighted by Gasteiger charge is -2.34. The van der Waals surface area contributed by atoms with E-state index in [9.17, 15) is 8.42 Å². The molecule has 0 spiro atoms. The fourth-order valence-corrected chi connectivity index (χ4v) is 5.08. The van der Waals surface area contributed by atoms with Gasteiger partial charge in [-0.2, -0.15) is 0 Å². The van der Waals surface area contributed by atoms with Crippen LogP contribution < -0.4 is 10.1 Å². The summed E-state index contributed by atoms with van der Waals surface area (Å²) >= 11 is 0. The van der Waals surface area contributed by atoms with Gasteiger partial charge in [0.05, 0.1) is 5.75 Å². The Kier molecular flexibility index (Phi) is 5.75. The van der Waals surface area contributed by atoms with Gasteiger partial charge in [0.2, 0.25) is 0 Å². The second-order valence-electron chi connectivity index (χ2n) is 7.59. The van der Waals surface area contributed by atoms with Crippen LogP contribution in [0, 0.1) is 5.41 Å². The number of nitrogens with zero attached hydrogens (tertiary/aromatic N) is 2. The Balaban J connectivity index is 1.47. The first-order valence-electron chi connectivity index (χ1n) is 9.24. The first-order valence-corrected chi connectivity index (χ1v) is 11.3. The molecule has 26 heavy (non-hydrogen) atoms. The topological polar surface area (TPSA) is 71.0 Å². The summed E-state index contributed by atoms with van der Waals surface area (Å²) in [6.45, 7) is 2.44. The number of benzene rings is 1. The Bertz CT molecular complexity index is 722. The predicted octanol–water partition coefficient (Wildman–Crippen LogP) is 1.93. The summed E-state index contributed by atoms with van der Waals surface area (Å²) in [5.74, 6) is 2.05. The Morgan fingerprint density at radius 3 is 2.46 bits per heavy atom. The molecular weight excluding hydrogens is 350 g/mol. The molecular formula is C19H29N3O3S. The van der Waals surface area contributed by atoms with Crippen molar-refractivity contribution < 1.29 is 13.2 Å². The molecule has 1 aromatic carbocycles. The van der Waals surface area contributed by atoms with Crippen molar-refractivity contribution in [3.05, 3.63) is 30.3 Å². The van der Waals surface area contributed by atoms with Crippen LogP contribution in [0.1, 0.15) is 25.7 Å². The molecule has 1 heterocycles. The molecule has 6 nitrogen and oxygen atoms in total. The van der Waals surface area contributed by atoms with Crippen LogP contribution in [0.2, 0.25) is 0 Å². The van der Waals surface area contributed by atoms with E-state index in [1.54, 1.807) is 7.05 Å². The number of sulfone groups is 1. The number of nitrogens with one attached hydrogen (secondary N) is 1. The van der Waals surface area contributed by atoms with E-state index < -0.39 is 9.84 Å². The minimum atomic E-state index is -2.95. The highest BCUT2D eigenvalue weighted by Crippen LogP contribution is 2.46. The molecule has 1 aliphatic heterocycles. The van der Waals surface area contributed by atoms with Gasteiger partial charge in [0.25, 0.3) is 0 Å². The van der Waals surface area contributed by atoms with Crippen molar-refractivity contribution in [2.24, 2.45) is 10.4 Å². The Hall–Kier alpha value is -1.76. The number of likely N-dealkylation sites (tertiary alicyclic amines) is 1. The van der Waals surface area contributed by atoms with Crippen LogP contribution in [-0.2, 0) is 9.84 Å². The number of hydrogen-bond acceptors (Lipinski definition) is 4. The van der Waals surface area contributed by atoms with Crippen molar-refractivity contribution in [3.8, 4) is 5.75 Å². The minimum Gasteiger partial charge on any atom is -0.490 e. The van der Waals surface area contributed by atoms with Crippen LogP contribution in [0.25, 0.3) is 0 Å². The van der Waals surface area contributed by atoms with E-state index in [0.717, 1.165) is 50.5 Å². The Morgan fingerprint density at radius 2 is 1.92 bits per heavy atom. The van der Waals surface area contributed by atoms with Crippen molar-refractivity contribution in [1.82, 2.24) is 10.2 Å². The average molecular weight is 380 g/mol. The van der Waals surface area contributed by atoms with Gasteiger partial charge in [0, 0.05) is 51.2 Å². The first-order chi connectivity index (χ1) is 12.4. The van der Waals surface area contributed by atoms with Gasteiger partial charge in [-0.05, 0) is 25.0 Å². The summed E-state index contributed by atoms with van der Waals surface area (Å²) in [5.41, 5.74) is -0.0989. The molecule has 3 rings (SSSR count). The normalized spacial score (nSPS) is 20.7. The molecule has 0 amide bonds. The Morgan fingerprint density at radius 1 is 1.27 bits per heavy atom. The molecule has 1 N–H and O–H groups in total. The van der Waals surface area contributed by atoms with Gasteiger partial charge in [-0.15, -0.1) is 0 Å². The molecule has 1 aliphatic carbocycles. The van der Waals surface area contributed by atoms with Gasteiger partial charge in [0.1, 0.15) is 21.7 Å². The van der Waals surface area contributed by atoms with Gasteiger partial charge in [0.15, 0.2) is 5.96 Å². The molecule has 0 aromatic heterocycles. The average Bonchev–Trinajstić information content (AvgIpc) is 3.35. The monoisotopic (exact) mass is 379 g/mol. The van der Waals surface area contributed by atoms with Crippen LogP contribution in [-0.4, -0.2) is 64.1 Å². The van der Waals surface area contributed by atoms with E-state index in [1.807, 2.05) is 30.3 Å². The summed E-state index contributed by atoms with van der Waals surface area (Å²) in [6, 6.07) is 9.94. The molecule has 2 fully saturated rings. The standard InChI is InChI=1S/C19H29N3O3S/c1-20-18(21-14-19(10-11-19)15-26(2,23)24)22-12-8-17(9-13-22)25-16-6-4-3-5-7-16/h3-7,17H,8-15H2,1-2H3,(H,20,21). The maximum Gasteiger partial charge on any atom is 0.193 e. The highest BCUT2D eigenvalue weighted by molar-refractivity contribution is 7.90. The van der Waals surface area contributed by atoms with Gasteiger partial charge in [-0.1, -0.05) is 18.2 Å². The third-order valence-electron chi connectivity index (χ3n) is 5.15. The second-order valence-corrected chi connectivity index (χ2v) is 9.73. The number of aliphatic imine (C=N–C) groups is 1. The number of rotatable bonds is 6. The van der Waals surface area contributed by atoms with Crippen LogP contribution in [0.3, 0.4) is 0 Å².